The first kappa shape index (κ1) is 26.9. The molecule has 9 nitrogen and oxygen atoms in total. The molecule has 0 aromatic heterocycles. The predicted octanol–water partition coefficient (Wildman–Crippen LogP) is 4.84. The van der Waals surface area contributed by atoms with Gasteiger partial charge in [0.2, 0.25) is 11.5 Å². The van der Waals surface area contributed by atoms with Crippen LogP contribution in [0.25, 0.3) is 0 Å². The van der Waals surface area contributed by atoms with Gasteiger partial charge >= 0.3 is 0 Å². The Morgan fingerprint density at radius 2 is 1.44 bits per heavy atom. The van der Waals surface area contributed by atoms with Gasteiger partial charge in [-0.2, -0.15) is 0 Å². The third kappa shape index (κ3) is 4.71. The smallest absolute Gasteiger partial charge is 0.203 e. The molecule has 39 heavy (non-hydrogen) atoms. The Labute approximate surface area is 228 Å². The lowest BCUT2D eigenvalue weighted by Gasteiger charge is -2.32. The lowest BCUT2D eigenvalue weighted by atomic mass is 9.82. The molecule has 208 valence electrons. The zero-order valence-corrected chi connectivity index (χ0v) is 22.8. The zero-order chi connectivity index (χ0) is 27.6. The lowest BCUT2D eigenvalue weighted by molar-refractivity contribution is -0.230. The zero-order valence-electron chi connectivity index (χ0n) is 22.8. The van der Waals surface area contributed by atoms with Crippen LogP contribution in [0.5, 0.6) is 34.5 Å². The van der Waals surface area contributed by atoms with E-state index in [0.29, 0.717) is 42.6 Å². The number of fused-ring (bicyclic) bond motifs is 1. The average molecular weight is 539 g/mol. The monoisotopic (exact) mass is 538 g/mol. The molecule has 0 amide bonds. The van der Waals surface area contributed by atoms with Gasteiger partial charge in [0.1, 0.15) is 6.61 Å². The van der Waals surface area contributed by atoms with Crippen molar-refractivity contribution in [3.05, 3.63) is 71.3 Å². The molecule has 0 bridgehead atoms. The van der Waals surface area contributed by atoms with Crippen LogP contribution in [0.15, 0.2) is 54.6 Å². The number of hydrogen-bond donors (Lipinski definition) is 1. The fourth-order valence-corrected chi connectivity index (χ4v) is 5.59. The summed E-state index contributed by atoms with van der Waals surface area (Å²) in [5.41, 5.74) is 2.60. The summed E-state index contributed by atoms with van der Waals surface area (Å²) in [6.07, 6.45) is -0.293. The molecule has 2 fully saturated rings. The largest absolute Gasteiger partial charge is 0.502 e. The molecule has 2 heterocycles. The Balaban J connectivity index is 1.45. The number of hydrogen-bond acceptors (Lipinski definition) is 9. The third-order valence-electron chi connectivity index (χ3n) is 7.56. The highest BCUT2D eigenvalue weighted by Crippen LogP contribution is 2.56. The average Bonchev–Trinajstić information content (AvgIpc) is 3.57. The molecule has 0 saturated carbocycles. The Morgan fingerprint density at radius 3 is 2.00 bits per heavy atom. The minimum absolute atomic E-state index is 0.0266. The Morgan fingerprint density at radius 1 is 0.821 bits per heavy atom. The summed E-state index contributed by atoms with van der Waals surface area (Å²) in [7, 11) is 7.78. The van der Waals surface area contributed by atoms with Gasteiger partial charge < -0.3 is 43.0 Å². The third-order valence-corrected chi connectivity index (χ3v) is 7.56. The fraction of sp³-hybridized carbons (Fsp3) is 0.400. The van der Waals surface area contributed by atoms with Gasteiger partial charge in [-0.05, 0) is 35.4 Å². The first-order valence-electron chi connectivity index (χ1n) is 12.7. The number of aromatic hydroxyl groups is 1. The second kappa shape index (κ2) is 11.2. The summed E-state index contributed by atoms with van der Waals surface area (Å²) >= 11 is 0. The Bertz CT molecular complexity index is 1240. The topological polar surface area (TPSA) is 94.1 Å². The summed E-state index contributed by atoms with van der Waals surface area (Å²) in [5, 5.41) is 10.4. The van der Waals surface area contributed by atoms with Gasteiger partial charge in [-0.3, -0.25) is 0 Å². The van der Waals surface area contributed by atoms with Crippen LogP contribution in [-0.4, -0.2) is 53.9 Å². The van der Waals surface area contributed by atoms with Crippen molar-refractivity contribution >= 4 is 0 Å². The van der Waals surface area contributed by atoms with E-state index in [1.165, 1.54) is 14.2 Å². The standard InChI is InChI=1S/C30H34O9/c1-32-23-13-20(14-24(33-2)27(23)31)30(36-5)22-17-38-28(21(22)16-39-30)19-11-25(34-3)29(26(12-19)35-4)37-15-18-9-7-6-8-10-18/h6-14,21-22,28,31H,15-17H2,1-5H3. The highest BCUT2D eigenvalue weighted by molar-refractivity contribution is 5.55. The second-order valence-corrected chi connectivity index (χ2v) is 9.47. The maximum Gasteiger partial charge on any atom is 0.203 e. The molecule has 0 radical (unpaired) electrons. The number of phenolic OH excluding ortho intramolecular Hbond substituents is 1. The quantitative estimate of drug-likeness (QED) is 0.389. The van der Waals surface area contributed by atoms with Crippen LogP contribution in [0.4, 0.5) is 0 Å². The Hall–Kier alpha value is -3.66. The summed E-state index contributed by atoms with van der Waals surface area (Å²) in [5.74, 6) is 0.805. The van der Waals surface area contributed by atoms with Crippen LogP contribution < -0.4 is 23.7 Å². The van der Waals surface area contributed by atoms with E-state index in [1.54, 1.807) is 33.5 Å². The van der Waals surface area contributed by atoms with Crippen LogP contribution >= 0.6 is 0 Å². The van der Waals surface area contributed by atoms with Gasteiger partial charge in [0.15, 0.2) is 28.8 Å². The van der Waals surface area contributed by atoms with Gasteiger partial charge in [-0.1, -0.05) is 30.3 Å². The van der Waals surface area contributed by atoms with E-state index in [0.717, 1.165) is 11.1 Å². The normalized spacial score (nSPS) is 23.8. The minimum atomic E-state index is -1.11. The summed E-state index contributed by atoms with van der Waals surface area (Å²) in [6.45, 7) is 1.17. The molecule has 0 spiro atoms. The van der Waals surface area contributed by atoms with E-state index in [1.807, 2.05) is 42.5 Å². The first-order chi connectivity index (χ1) is 19.0. The maximum absolute atomic E-state index is 10.4. The number of ether oxygens (including phenoxy) is 8. The fourth-order valence-electron chi connectivity index (χ4n) is 5.59. The van der Waals surface area contributed by atoms with Crippen molar-refractivity contribution in [2.75, 3.05) is 48.8 Å². The van der Waals surface area contributed by atoms with Gasteiger partial charge in [-0.25, -0.2) is 0 Å². The molecule has 5 rings (SSSR count). The minimum Gasteiger partial charge on any atom is -0.502 e. The van der Waals surface area contributed by atoms with Gasteiger partial charge in [0.05, 0.1) is 47.8 Å². The van der Waals surface area contributed by atoms with Gasteiger partial charge in [0.25, 0.3) is 0 Å². The number of benzene rings is 3. The van der Waals surface area contributed by atoms with E-state index < -0.39 is 5.79 Å². The van der Waals surface area contributed by atoms with Crippen LogP contribution in [0.2, 0.25) is 0 Å². The highest BCUT2D eigenvalue weighted by atomic mass is 16.7. The van der Waals surface area contributed by atoms with E-state index in [-0.39, 0.29) is 35.2 Å². The van der Waals surface area contributed by atoms with E-state index in [4.69, 9.17) is 37.9 Å². The summed E-state index contributed by atoms with van der Waals surface area (Å²) in [4.78, 5) is 0. The van der Waals surface area contributed by atoms with Crippen molar-refractivity contribution < 1.29 is 43.0 Å². The molecule has 3 aromatic carbocycles. The van der Waals surface area contributed by atoms with Crippen molar-refractivity contribution in [2.24, 2.45) is 11.8 Å². The predicted molar refractivity (Wildman–Crippen MR) is 142 cm³/mol. The molecule has 2 saturated heterocycles. The van der Waals surface area contributed by atoms with Crippen LogP contribution in [0.3, 0.4) is 0 Å². The summed E-state index contributed by atoms with van der Waals surface area (Å²) in [6, 6.07) is 17.2. The van der Waals surface area contributed by atoms with E-state index >= 15 is 0 Å². The van der Waals surface area contributed by atoms with Crippen molar-refractivity contribution in [1.82, 2.24) is 0 Å². The molecule has 2 aliphatic heterocycles. The maximum atomic E-state index is 10.4. The molecule has 9 heteroatoms. The SMILES string of the molecule is COc1cc(C2(OC)OCC3C(c4cc(OC)c(OCc5ccccc5)c(OC)c4)OCC32)cc(OC)c1O. The van der Waals surface area contributed by atoms with Gasteiger partial charge in [0, 0.05) is 24.5 Å². The molecule has 0 aliphatic carbocycles. The van der Waals surface area contributed by atoms with Crippen molar-refractivity contribution in [2.45, 2.75) is 18.5 Å². The van der Waals surface area contributed by atoms with Crippen LogP contribution in [0.1, 0.15) is 22.8 Å². The van der Waals surface area contributed by atoms with Crippen LogP contribution in [0, 0.1) is 11.8 Å². The molecule has 1 N–H and O–H groups in total. The molecule has 4 atom stereocenters. The van der Waals surface area contributed by atoms with Crippen LogP contribution in [-0.2, 0) is 26.6 Å². The number of phenols is 1. The molecule has 4 unspecified atom stereocenters. The lowest BCUT2D eigenvalue weighted by Crippen LogP contribution is -2.36. The number of rotatable bonds is 10. The molecule has 2 aliphatic rings. The Kier molecular flexibility index (Phi) is 7.74. The second-order valence-electron chi connectivity index (χ2n) is 9.47. The number of methoxy groups -OCH3 is 5. The summed E-state index contributed by atoms with van der Waals surface area (Å²) < 4.78 is 47.1. The van der Waals surface area contributed by atoms with Gasteiger partial charge in [-0.15, -0.1) is 0 Å². The van der Waals surface area contributed by atoms with E-state index in [9.17, 15) is 5.11 Å². The van der Waals surface area contributed by atoms with Crippen molar-refractivity contribution in [1.29, 1.82) is 0 Å². The van der Waals surface area contributed by atoms with Crippen molar-refractivity contribution in [3.63, 3.8) is 0 Å². The molecular weight excluding hydrogens is 504 g/mol. The molecule has 3 aromatic rings. The first-order valence-corrected chi connectivity index (χ1v) is 12.7. The van der Waals surface area contributed by atoms with Crippen molar-refractivity contribution in [3.8, 4) is 34.5 Å². The highest BCUT2D eigenvalue weighted by Gasteiger charge is 2.58. The molecular formula is C30H34O9. The van der Waals surface area contributed by atoms with E-state index in [2.05, 4.69) is 0 Å².